The number of benzene rings is 1. The lowest BCUT2D eigenvalue weighted by molar-refractivity contribution is 0.615. The summed E-state index contributed by atoms with van der Waals surface area (Å²) in [6.07, 6.45) is 0. The largest absolute Gasteiger partial charge is 0.305 e. The van der Waals surface area contributed by atoms with Gasteiger partial charge in [0.05, 0.1) is 16.7 Å². The van der Waals surface area contributed by atoms with Crippen LogP contribution in [-0.4, -0.2) is 11.5 Å². The highest BCUT2D eigenvalue weighted by atomic mass is 32.1. The predicted molar refractivity (Wildman–Crippen MR) is 73.5 cm³/mol. The third-order valence-electron chi connectivity index (χ3n) is 2.84. The number of nitrogens with one attached hydrogen (secondary N) is 1. The number of nitrogens with zero attached hydrogens (tertiary/aromatic N) is 1. The summed E-state index contributed by atoms with van der Waals surface area (Å²) in [6.45, 7) is 7.27. The summed E-state index contributed by atoms with van der Waals surface area (Å²) in [4.78, 5) is 4.60. The molecule has 1 heterocycles. The van der Waals surface area contributed by atoms with Crippen LogP contribution in [0.1, 0.15) is 34.8 Å². The number of hydrogen-bond acceptors (Lipinski definition) is 3. The second kappa shape index (κ2) is 5.43. The van der Waals surface area contributed by atoms with E-state index in [2.05, 4.69) is 60.7 Å². The molecule has 0 saturated carbocycles. The molecule has 1 atom stereocenters. The molecule has 17 heavy (non-hydrogen) atoms. The quantitative estimate of drug-likeness (QED) is 0.893. The van der Waals surface area contributed by atoms with Crippen molar-refractivity contribution < 1.29 is 0 Å². The van der Waals surface area contributed by atoms with E-state index in [1.165, 1.54) is 11.1 Å². The fourth-order valence-electron chi connectivity index (χ4n) is 2.00. The van der Waals surface area contributed by atoms with Gasteiger partial charge in [-0.3, -0.25) is 0 Å². The van der Waals surface area contributed by atoms with E-state index in [1.54, 1.807) is 11.3 Å². The molecule has 0 saturated heterocycles. The summed E-state index contributed by atoms with van der Waals surface area (Å²) >= 11 is 1.71. The first-order valence-electron chi connectivity index (χ1n) is 5.93. The first-order valence-corrected chi connectivity index (χ1v) is 6.81. The summed E-state index contributed by atoms with van der Waals surface area (Å²) in [5.41, 5.74) is 3.76. The van der Waals surface area contributed by atoms with Crippen LogP contribution in [0, 0.1) is 13.8 Å². The number of rotatable bonds is 4. The highest BCUT2D eigenvalue weighted by Gasteiger charge is 2.16. The van der Waals surface area contributed by atoms with Gasteiger partial charge in [-0.2, -0.15) is 0 Å². The third-order valence-corrected chi connectivity index (χ3v) is 3.63. The maximum atomic E-state index is 4.60. The smallest absolute Gasteiger partial charge is 0.0898 e. The molecule has 0 radical (unpaired) electrons. The summed E-state index contributed by atoms with van der Waals surface area (Å²) in [7, 11) is 0. The van der Waals surface area contributed by atoms with Gasteiger partial charge in [0.2, 0.25) is 0 Å². The molecule has 0 aliphatic carbocycles. The molecular formula is C14H18N2S. The fourth-order valence-corrected chi connectivity index (χ4v) is 2.64. The van der Waals surface area contributed by atoms with Gasteiger partial charge in [-0.1, -0.05) is 31.2 Å². The van der Waals surface area contributed by atoms with E-state index < -0.39 is 0 Å². The minimum Gasteiger partial charge on any atom is -0.305 e. The lowest BCUT2D eigenvalue weighted by Crippen LogP contribution is -2.23. The Labute approximate surface area is 107 Å². The lowest BCUT2D eigenvalue weighted by atomic mass is 9.99. The van der Waals surface area contributed by atoms with Crippen molar-refractivity contribution in [2.45, 2.75) is 26.8 Å². The first kappa shape index (κ1) is 12.3. The van der Waals surface area contributed by atoms with E-state index in [1.807, 2.05) is 0 Å². The van der Waals surface area contributed by atoms with Crippen LogP contribution in [0.5, 0.6) is 0 Å². The molecule has 0 aliphatic heterocycles. The van der Waals surface area contributed by atoms with Crippen molar-refractivity contribution in [3.63, 3.8) is 0 Å². The van der Waals surface area contributed by atoms with Crippen LogP contribution >= 0.6 is 11.3 Å². The molecule has 1 aromatic heterocycles. The molecule has 3 heteroatoms. The average molecular weight is 246 g/mol. The van der Waals surface area contributed by atoms with E-state index in [9.17, 15) is 0 Å². The lowest BCUT2D eigenvalue weighted by Gasteiger charge is -2.18. The molecule has 0 aliphatic rings. The SMILES string of the molecule is CCNC(c1csc(C)n1)c1ccccc1C. The fraction of sp³-hybridized carbons (Fsp3) is 0.357. The Balaban J connectivity index is 2.39. The van der Waals surface area contributed by atoms with Crippen molar-refractivity contribution in [2.24, 2.45) is 0 Å². The zero-order chi connectivity index (χ0) is 12.3. The molecule has 1 aromatic carbocycles. The van der Waals surface area contributed by atoms with Crippen LogP contribution in [0.4, 0.5) is 0 Å². The monoisotopic (exact) mass is 246 g/mol. The Morgan fingerprint density at radius 1 is 1.29 bits per heavy atom. The predicted octanol–water partition coefficient (Wildman–Crippen LogP) is 3.46. The minimum absolute atomic E-state index is 0.214. The normalized spacial score (nSPS) is 12.6. The summed E-state index contributed by atoms with van der Waals surface area (Å²) in [5, 5.41) is 6.78. The maximum absolute atomic E-state index is 4.60. The van der Waals surface area contributed by atoms with E-state index in [0.717, 1.165) is 17.2 Å². The topological polar surface area (TPSA) is 24.9 Å². The molecule has 0 bridgehead atoms. The Morgan fingerprint density at radius 2 is 2.06 bits per heavy atom. The van der Waals surface area contributed by atoms with Crippen molar-refractivity contribution in [1.29, 1.82) is 0 Å². The summed E-state index contributed by atoms with van der Waals surface area (Å²) in [5.74, 6) is 0. The van der Waals surface area contributed by atoms with Gasteiger partial charge >= 0.3 is 0 Å². The van der Waals surface area contributed by atoms with Gasteiger partial charge in [0.15, 0.2) is 0 Å². The highest BCUT2D eigenvalue weighted by molar-refractivity contribution is 7.09. The minimum atomic E-state index is 0.214. The number of aryl methyl sites for hydroxylation is 2. The van der Waals surface area contributed by atoms with Crippen LogP contribution in [0.15, 0.2) is 29.6 Å². The summed E-state index contributed by atoms with van der Waals surface area (Å²) in [6, 6.07) is 8.71. The number of thiazole rings is 1. The van der Waals surface area contributed by atoms with Crippen molar-refractivity contribution in [1.82, 2.24) is 10.3 Å². The second-order valence-corrected chi connectivity index (χ2v) is 5.20. The van der Waals surface area contributed by atoms with Crippen LogP contribution in [0.25, 0.3) is 0 Å². The number of aromatic nitrogens is 1. The van der Waals surface area contributed by atoms with Crippen molar-refractivity contribution in [2.75, 3.05) is 6.54 Å². The zero-order valence-corrected chi connectivity index (χ0v) is 11.3. The Kier molecular flexibility index (Phi) is 3.92. The van der Waals surface area contributed by atoms with Gasteiger partial charge in [0, 0.05) is 5.38 Å². The second-order valence-electron chi connectivity index (χ2n) is 4.14. The summed E-state index contributed by atoms with van der Waals surface area (Å²) < 4.78 is 0. The van der Waals surface area contributed by atoms with Gasteiger partial charge < -0.3 is 5.32 Å². The third kappa shape index (κ3) is 2.73. The zero-order valence-electron chi connectivity index (χ0n) is 10.5. The molecule has 0 spiro atoms. The van der Waals surface area contributed by atoms with Crippen LogP contribution in [0.2, 0.25) is 0 Å². The van der Waals surface area contributed by atoms with Crippen molar-refractivity contribution in [3.05, 3.63) is 51.5 Å². The number of hydrogen-bond donors (Lipinski definition) is 1. The van der Waals surface area contributed by atoms with Crippen LogP contribution < -0.4 is 5.32 Å². The van der Waals surface area contributed by atoms with E-state index in [4.69, 9.17) is 0 Å². The molecule has 2 nitrogen and oxygen atoms in total. The molecule has 90 valence electrons. The van der Waals surface area contributed by atoms with Gasteiger partial charge in [-0.25, -0.2) is 4.98 Å². The van der Waals surface area contributed by atoms with Gasteiger partial charge in [-0.05, 0) is 31.5 Å². The standard InChI is InChI=1S/C14H18N2S/c1-4-15-14(13-9-17-11(3)16-13)12-8-6-5-7-10(12)2/h5-9,14-15H,4H2,1-3H3. The van der Waals surface area contributed by atoms with E-state index in [0.29, 0.717) is 0 Å². The maximum Gasteiger partial charge on any atom is 0.0898 e. The molecular weight excluding hydrogens is 228 g/mol. The van der Waals surface area contributed by atoms with E-state index in [-0.39, 0.29) is 6.04 Å². The molecule has 0 fully saturated rings. The van der Waals surface area contributed by atoms with Gasteiger partial charge in [-0.15, -0.1) is 11.3 Å². The highest BCUT2D eigenvalue weighted by Crippen LogP contribution is 2.25. The molecule has 0 amide bonds. The van der Waals surface area contributed by atoms with Crippen molar-refractivity contribution in [3.8, 4) is 0 Å². The van der Waals surface area contributed by atoms with Gasteiger partial charge in [0.25, 0.3) is 0 Å². The Morgan fingerprint density at radius 3 is 2.65 bits per heavy atom. The van der Waals surface area contributed by atoms with Crippen LogP contribution in [0.3, 0.4) is 0 Å². The van der Waals surface area contributed by atoms with E-state index >= 15 is 0 Å². The first-order chi connectivity index (χ1) is 8.22. The Hall–Kier alpha value is -1.19. The molecule has 2 rings (SSSR count). The van der Waals surface area contributed by atoms with Gasteiger partial charge in [0.1, 0.15) is 0 Å². The molecule has 1 unspecified atom stereocenters. The van der Waals surface area contributed by atoms with Crippen LogP contribution in [-0.2, 0) is 0 Å². The Bertz CT molecular complexity index is 490. The molecule has 1 N–H and O–H groups in total. The molecule has 2 aromatic rings. The van der Waals surface area contributed by atoms with Crippen molar-refractivity contribution >= 4 is 11.3 Å². The average Bonchev–Trinajstić information content (AvgIpc) is 2.74.